The fraction of sp³-hybridized carbons (Fsp3) is 0.333. The third kappa shape index (κ3) is 4.63. The van der Waals surface area contributed by atoms with Crippen molar-refractivity contribution in [1.82, 2.24) is 9.97 Å². The summed E-state index contributed by atoms with van der Waals surface area (Å²) < 4.78 is 5.98. The van der Waals surface area contributed by atoms with Gasteiger partial charge in [-0.15, -0.1) is 0 Å². The molecule has 3 aromatic rings. The number of benzene rings is 2. The van der Waals surface area contributed by atoms with Crippen molar-refractivity contribution in [2.75, 3.05) is 17.6 Å². The number of hydrogen-bond acceptors (Lipinski definition) is 5. The Morgan fingerprint density at radius 1 is 1.15 bits per heavy atom. The lowest BCUT2D eigenvalue weighted by atomic mass is 10.1. The van der Waals surface area contributed by atoms with Crippen LogP contribution in [0.15, 0.2) is 48.8 Å². The number of nitrogens with zero attached hydrogens (tertiary/aromatic N) is 2. The zero-order valence-electron chi connectivity index (χ0n) is 15.4. The highest BCUT2D eigenvalue weighted by Crippen LogP contribution is 2.22. The molecule has 0 aliphatic carbocycles. The Balaban J connectivity index is 1.63. The van der Waals surface area contributed by atoms with Gasteiger partial charge in [0.1, 0.15) is 17.9 Å². The maximum absolute atomic E-state index is 5.98. The molecule has 26 heavy (non-hydrogen) atoms. The molecule has 1 heterocycles. The molecule has 1 atom stereocenters. The van der Waals surface area contributed by atoms with Crippen molar-refractivity contribution in [1.29, 1.82) is 0 Å². The predicted octanol–water partition coefficient (Wildman–Crippen LogP) is 4.43. The number of nitrogens with one attached hydrogen (secondary N) is 1. The molecule has 0 saturated carbocycles. The third-order valence-corrected chi connectivity index (χ3v) is 4.30. The summed E-state index contributed by atoms with van der Waals surface area (Å²) in [6.45, 7) is 5.06. The minimum absolute atomic E-state index is 0.242. The lowest BCUT2D eigenvalue weighted by Crippen LogP contribution is -2.11. The van der Waals surface area contributed by atoms with Crippen molar-refractivity contribution >= 4 is 22.4 Å². The van der Waals surface area contributed by atoms with Crippen LogP contribution in [0.2, 0.25) is 0 Å². The highest BCUT2D eigenvalue weighted by Gasteiger charge is 2.06. The van der Waals surface area contributed by atoms with Gasteiger partial charge in [0.05, 0.1) is 11.6 Å². The summed E-state index contributed by atoms with van der Waals surface area (Å²) in [6, 6.07) is 14.0. The molecule has 0 aliphatic rings. The summed E-state index contributed by atoms with van der Waals surface area (Å²) in [5, 5.41) is 4.34. The fourth-order valence-corrected chi connectivity index (χ4v) is 3.01. The van der Waals surface area contributed by atoms with Gasteiger partial charge < -0.3 is 15.8 Å². The predicted molar refractivity (Wildman–Crippen MR) is 108 cm³/mol. The van der Waals surface area contributed by atoms with Crippen LogP contribution < -0.4 is 15.8 Å². The summed E-state index contributed by atoms with van der Waals surface area (Å²) in [5.74, 6) is 1.75. The Hall–Kier alpha value is -2.82. The highest BCUT2D eigenvalue weighted by atomic mass is 16.5. The molecule has 0 radical (unpaired) electrons. The maximum Gasteiger partial charge on any atom is 0.137 e. The van der Waals surface area contributed by atoms with Gasteiger partial charge in [0.15, 0.2) is 0 Å². The van der Waals surface area contributed by atoms with Crippen molar-refractivity contribution in [2.24, 2.45) is 0 Å². The van der Waals surface area contributed by atoms with Crippen molar-refractivity contribution in [2.45, 2.75) is 39.2 Å². The number of nitrogens with two attached hydrogens (primary N) is 1. The molecule has 0 fully saturated rings. The van der Waals surface area contributed by atoms with Gasteiger partial charge in [-0.3, -0.25) is 0 Å². The van der Waals surface area contributed by atoms with E-state index in [0.717, 1.165) is 48.3 Å². The first-order valence-electron chi connectivity index (χ1n) is 9.15. The summed E-state index contributed by atoms with van der Waals surface area (Å²) in [6.07, 6.45) is 4.89. The lowest BCUT2D eigenvalue weighted by Gasteiger charge is -2.14. The van der Waals surface area contributed by atoms with Crippen LogP contribution in [-0.4, -0.2) is 22.6 Å². The zero-order valence-corrected chi connectivity index (χ0v) is 15.4. The van der Waals surface area contributed by atoms with Crippen molar-refractivity contribution < 1.29 is 4.74 Å². The van der Waals surface area contributed by atoms with E-state index in [1.54, 1.807) is 6.33 Å². The van der Waals surface area contributed by atoms with Gasteiger partial charge >= 0.3 is 0 Å². The van der Waals surface area contributed by atoms with E-state index >= 15 is 0 Å². The number of ether oxygens (including phenoxy) is 1. The number of nitrogen functional groups attached to an aromatic ring is 1. The van der Waals surface area contributed by atoms with Crippen LogP contribution in [-0.2, 0) is 6.42 Å². The molecule has 2 aromatic carbocycles. The maximum atomic E-state index is 5.98. The average molecular weight is 350 g/mol. The Labute approximate surface area is 154 Å². The van der Waals surface area contributed by atoms with E-state index in [1.807, 2.05) is 30.3 Å². The Morgan fingerprint density at radius 3 is 2.88 bits per heavy atom. The first-order valence-corrected chi connectivity index (χ1v) is 9.15. The standard InChI is InChI=1S/C21H26N4O/c1-3-5-15(2)26-18-7-4-6-16(12-18)10-11-23-21-19-13-17(22)8-9-20(19)24-14-25-21/h4,6-9,12-15H,3,5,10-11,22H2,1-2H3,(H,23,24,25). The van der Waals surface area contributed by atoms with E-state index in [1.165, 1.54) is 5.56 Å². The van der Waals surface area contributed by atoms with Crippen LogP contribution in [0.3, 0.4) is 0 Å². The molecule has 5 nitrogen and oxygen atoms in total. The van der Waals surface area contributed by atoms with Crippen LogP contribution in [0, 0.1) is 0 Å². The van der Waals surface area contributed by atoms with E-state index in [-0.39, 0.29) is 6.10 Å². The Morgan fingerprint density at radius 2 is 2.04 bits per heavy atom. The molecule has 3 rings (SSSR count). The average Bonchev–Trinajstić information content (AvgIpc) is 2.62. The van der Waals surface area contributed by atoms with Crippen LogP contribution in [0.25, 0.3) is 10.9 Å². The Kier molecular flexibility index (Phi) is 5.89. The highest BCUT2D eigenvalue weighted by molar-refractivity contribution is 5.91. The van der Waals surface area contributed by atoms with Gasteiger partial charge in [-0.25, -0.2) is 9.97 Å². The number of anilines is 2. The minimum atomic E-state index is 0.242. The summed E-state index contributed by atoms with van der Waals surface area (Å²) in [4.78, 5) is 8.63. The summed E-state index contributed by atoms with van der Waals surface area (Å²) in [7, 11) is 0. The van der Waals surface area contributed by atoms with Crippen molar-refractivity contribution in [3.63, 3.8) is 0 Å². The smallest absolute Gasteiger partial charge is 0.137 e. The Bertz CT molecular complexity index is 866. The summed E-state index contributed by atoms with van der Waals surface area (Å²) in [5.41, 5.74) is 8.72. The first-order chi connectivity index (χ1) is 12.7. The second-order valence-electron chi connectivity index (χ2n) is 6.54. The van der Waals surface area contributed by atoms with Gasteiger partial charge in [0.2, 0.25) is 0 Å². The number of rotatable bonds is 8. The molecular weight excluding hydrogens is 324 g/mol. The fourth-order valence-electron chi connectivity index (χ4n) is 3.01. The largest absolute Gasteiger partial charge is 0.491 e. The molecular formula is C21H26N4O. The van der Waals surface area contributed by atoms with Crippen molar-refractivity contribution in [3.05, 3.63) is 54.4 Å². The van der Waals surface area contributed by atoms with Gasteiger partial charge in [0.25, 0.3) is 0 Å². The topological polar surface area (TPSA) is 73.1 Å². The zero-order chi connectivity index (χ0) is 18.4. The van der Waals surface area contributed by atoms with Gasteiger partial charge in [-0.1, -0.05) is 25.5 Å². The lowest BCUT2D eigenvalue weighted by molar-refractivity contribution is 0.210. The monoisotopic (exact) mass is 350 g/mol. The van der Waals surface area contributed by atoms with E-state index in [2.05, 4.69) is 41.3 Å². The minimum Gasteiger partial charge on any atom is -0.491 e. The van der Waals surface area contributed by atoms with E-state index < -0.39 is 0 Å². The molecule has 0 amide bonds. The normalized spacial score (nSPS) is 12.1. The number of aromatic nitrogens is 2. The van der Waals surface area contributed by atoms with E-state index in [4.69, 9.17) is 10.5 Å². The summed E-state index contributed by atoms with van der Waals surface area (Å²) >= 11 is 0. The van der Waals surface area contributed by atoms with E-state index in [0.29, 0.717) is 5.69 Å². The van der Waals surface area contributed by atoms with Crippen molar-refractivity contribution in [3.8, 4) is 5.75 Å². The number of fused-ring (bicyclic) bond motifs is 1. The molecule has 0 aliphatic heterocycles. The number of hydrogen-bond donors (Lipinski definition) is 2. The first kappa shape index (κ1) is 18.0. The SMILES string of the molecule is CCCC(C)Oc1cccc(CCNc2ncnc3ccc(N)cc23)c1. The van der Waals surface area contributed by atoms with Gasteiger partial charge in [0, 0.05) is 17.6 Å². The molecule has 3 N–H and O–H groups in total. The quantitative estimate of drug-likeness (QED) is 0.588. The van der Waals surface area contributed by atoms with E-state index in [9.17, 15) is 0 Å². The second-order valence-corrected chi connectivity index (χ2v) is 6.54. The second kappa shape index (κ2) is 8.52. The molecule has 0 bridgehead atoms. The van der Waals surface area contributed by atoms with Gasteiger partial charge in [-0.2, -0.15) is 0 Å². The van der Waals surface area contributed by atoms with Crippen LogP contribution in [0.5, 0.6) is 5.75 Å². The molecule has 1 aromatic heterocycles. The molecule has 5 heteroatoms. The van der Waals surface area contributed by atoms with Gasteiger partial charge in [-0.05, 0) is 55.7 Å². The third-order valence-electron chi connectivity index (χ3n) is 4.30. The molecule has 136 valence electrons. The molecule has 1 unspecified atom stereocenters. The molecule has 0 saturated heterocycles. The van der Waals surface area contributed by atoms with Crippen LogP contribution in [0.1, 0.15) is 32.3 Å². The molecule has 0 spiro atoms. The van der Waals surface area contributed by atoms with Crippen LogP contribution >= 0.6 is 0 Å². The van der Waals surface area contributed by atoms with Crippen LogP contribution in [0.4, 0.5) is 11.5 Å².